The third-order valence-electron chi connectivity index (χ3n) is 6.61. The number of hydrogen-bond acceptors (Lipinski definition) is 1. The zero-order valence-electron chi connectivity index (χ0n) is 19.2. The second-order valence-corrected chi connectivity index (χ2v) is 8.81. The van der Waals surface area contributed by atoms with Crippen molar-refractivity contribution < 1.29 is 22.3 Å². The topological polar surface area (TPSA) is 9.23 Å². The number of rotatable bonds is 8. The summed E-state index contributed by atoms with van der Waals surface area (Å²) in [5.74, 6) is -3.84. The molecule has 0 aliphatic heterocycles. The Hall–Kier alpha value is -2.82. The molecule has 0 spiro atoms. The molecular formula is C28H30F4O. The van der Waals surface area contributed by atoms with E-state index < -0.39 is 23.3 Å². The van der Waals surface area contributed by atoms with Gasteiger partial charge in [-0.2, -0.15) is 4.39 Å². The highest BCUT2D eigenvalue weighted by molar-refractivity contribution is 5.65. The van der Waals surface area contributed by atoms with Crippen molar-refractivity contribution in [2.75, 3.05) is 7.11 Å². The molecule has 2 aromatic rings. The van der Waals surface area contributed by atoms with E-state index in [9.17, 15) is 17.6 Å². The Morgan fingerprint density at radius 2 is 1.55 bits per heavy atom. The first kappa shape index (κ1) is 24.8. The van der Waals surface area contributed by atoms with E-state index in [1.54, 1.807) is 24.3 Å². The second-order valence-electron chi connectivity index (χ2n) is 8.81. The molecule has 1 saturated carbocycles. The molecule has 0 aromatic heterocycles. The van der Waals surface area contributed by atoms with Crippen molar-refractivity contribution in [1.29, 1.82) is 0 Å². The summed E-state index contributed by atoms with van der Waals surface area (Å²) in [5, 5.41) is 0. The molecule has 33 heavy (non-hydrogen) atoms. The minimum absolute atomic E-state index is 0.0508. The molecule has 0 atom stereocenters. The Morgan fingerprint density at radius 3 is 2.15 bits per heavy atom. The number of hydrogen-bond donors (Lipinski definition) is 0. The molecule has 0 radical (unpaired) electrons. The lowest BCUT2D eigenvalue weighted by molar-refractivity contribution is 0.280. The highest BCUT2D eigenvalue weighted by atomic mass is 19.2. The number of ether oxygens (including phenoxy) is 1. The summed E-state index contributed by atoms with van der Waals surface area (Å²) in [6.07, 6.45) is 4.07. The molecule has 0 amide bonds. The fourth-order valence-corrected chi connectivity index (χ4v) is 4.45. The van der Waals surface area contributed by atoms with Crippen molar-refractivity contribution in [3.8, 4) is 11.1 Å². The minimum Gasteiger partial charge on any atom is -0.494 e. The minimum atomic E-state index is -1.13. The maximum Gasteiger partial charge on any atom is 0.200 e. The average Bonchev–Trinajstić information content (AvgIpc) is 2.83. The molecule has 5 heteroatoms. The molecule has 0 bridgehead atoms. The van der Waals surface area contributed by atoms with E-state index in [1.807, 2.05) is 19.1 Å². The van der Waals surface area contributed by atoms with Gasteiger partial charge in [-0.3, -0.25) is 0 Å². The highest BCUT2D eigenvalue weighted by Crippen LogP contribution is 2.41. The van der Waals surface area contributed by atoms with Gasteiger partial charge in [0.25, 0.3) is 0 Å². The highest BCUT2D eigenvalue weighted by Gasteiger charge is 2.27. The maximum absolute atomic E-state index is 14.9. The largest absolute Gasteiger partial charge is 0.494 e. The fourth-order valence-electron chi connectivity index (χ4n) is 4.45. The van der Waals surface area contributed by atoms with Crippen LogP contribution in [0, 0.1) is 24.5 Å². The van der Waals surface area contributed by atoms with Crippen LogP contribution in [0.1, 0.15) is 55.6 Å². The van der Waals surface area contributed by atoms with Crippen molar-refractivity contribution in [3.05, 3.63) is 95.3 Å². The Labute approximate surface area is 193 Å². The van der Waals surface area contributed by atoms with Crippen molar-refractivity contribution in [3.63, 3.8) is 0 Å². The Kier molecular flexibility index (Phi) is 8.17. The van der Waals surface area contributed by atoms with Crippen LogP contribution in [0.5, 0.6) is 0 Å². The molecule has 0 unspecified atom stereocenters. The number of methoxy groups -OCH3 is 1. The van der Waals surface area contributed by atoms with Crippen LogP contribution in [0.2, 0.25) is 0 Å². The zero-order chi connectivity index (χ0) is 24.1. The van der Waals surface area contributed by atoms with Gasteiger partial charge in [0.2, 0.25) is 0 Å². The van der Waals surface area contributed by atoms with E-state index in [2.05, 4.69) is 17.9 Å². The number of halogens is 4. The predicted molar refractivity (Wildman–Crippen MR) is 125 cm³/mol. The molecule has 2 aromatic carbocycles. The van der Waals surface area contributed by atoms with Gasteiger partial charge in [0, 0.05) is 5.56 Å². The Balaban J connectivity index is 1.60. The second kappa shape index (κ2) is 10.9. The first-order valence-corrected chi connectivity index (χ1v) is 11.2. The molecule has 1 nitrogen and oxygen atoms in total. The van der Waals surface area contributed by atoms with Crippen LogP contribution in [0.3, 0.4) is 0 Å². The summed E-state index contributed by atoms with van der Waals surface area (Å²) in [6.45, 7) is 8.89. The first-order chi connectivity index (χ1) is 15.7. The van der Waals surface area contributed by atoms with Gasteiger partial charge in [0.1, 0.15) is 5.76 Å². The molecular weight excluding hydrogens is 428 g/mol. The summed E-state index contributed by atoms with van der Waals surface area (Å²) in [6, 6.07) is 10.7. The van der Waals surface area contributed by atoms with Crippen LogP contribution in [0.4, 0.5) is 17.6 Å². The molecule has 1 aliphatic rings. The standard InChI is InChI=1S/C28H30F4O/c1-17-5-11-21(12-6-17)23-15-16-24(28(32)27(23)31)22-13-9-20(10-14-22)8-7-18(2)25(29)26(30)19(3)33-4/h5-6,11-12,15-16,20,22H,2-3,7-10,13-14H2,1,4H3/b26-25-. The van der Waals surface area contributed by atoms with Crippen LogP contribution in [-0.2, 0) is 4.74 Å². The van der Waals surface area contributed by atoms with Gasteiger partial charge >= 0.3 is 0 Å². The van der Waals surface area contributed by atoms with Gasteiger partial charge in [-0.05, 0) is 74.0 Å². The molecule has 0 saturated heterocycles. The van der Waals surface area contributed by atoms with E-state index in [1.165, 1.54) is 7.11 Å². The lowest BCUT2D eigenvalue weighted by Gasteiger charge is -2.29. The maximum atomic E-state index is 14.9. The van der Waals surface area contributed by atoms with Crippen LogP contribution >= 0.6 is 0 Å². The van der Waals surface area contributed by atoms with Crippen molar-refractivity contribution in [1.82, 2.24) is 0 Å². The van der Waals surface area contributed by atoms with Gasteiger partial charge in [-0.25, -0.2) is 13.2 Å². The van der Waals surface area contributed by atoms with Gasteiger partial charge < -0.3 is 4.74 Å². The quantitative estimate of drug-likeness (QED) is 0.218. The third-order valence-corrected chi connectivity index (χ3v) is 6.61. The van der Waals surface area contributed by atoms with Crippen LogP contribution in [-0.4, -0.2) is 7.11 Å². The zero-order valence-corrected chi connectivity index (χ0v) is 19.2. The molecule has 0 heterocycles. The summed E-state index contributed by atoms with van der Waals surface area (Å²) in [4.78, 5) is 0. The van der Waals surface area contributed by atoms with Crippen molar-refractivity contribution >= 4 is 0 Å². The van der Waals surface area contributed by atoms with E-state index in [4.69, 9.17) is 0 Å². The van der Waals surface area contributed by atoms with Gasteiger partial charge in [-0.1, -0.05) is 55.1 Å². The van der Waals surface area contributed by atoms with Gasteiger partial charge in [0.15, 0.2) is 23.3 Å². The van der Waals surface area contributed by atoms with E-state index in [0.717, 1.165) is 31.2 Å². The summed E-state index contributed by atoms with van der Waals surface area (Å²) in [7, 11) is 1.22. The average molecular weight is 459 g/mol. The smallest absolute Gasteiger partial charge is 0.200 e. The normalized spacial score (nSPS) is 19.1. The number of allylic oxidation sites excluding steroid dienone is 3. The van der Waals surface area contributed by atoms with E-state index in [0.29, 0.717) is 29.9 Å². The van der Waals surface area contributed by atoms with Crippen LogP contribution in [0.15, 0.2) is 72.5 Å². The number of benzene rings is 2. The lowest BCUT2D eigenvalue weighted by Crippen LogP contribution is -2.15. The predicted octanol–water partition coefficient (Wildman–Crippen LogP) is 8.86. The summed E-state index contributed by atoms with van der Waals surface area (Å²) >= 11 is 0. The molecule has 176 valence electrons. The van der Waals surface area contributed by atoms with Crippen molar-refractivity contribution in [2.45, 2.75) is 51.4 Å². The van der Waals surface area contributed by atoms with Gasteiger partial charge in [0.05, 0.1) is 7.11 Å². The van der Waals surface area contributed by atoms with Crippen molar-refractivity contribution in [2.24, 2.45) is 5.92 Å². The Morgan fingerprint density at radius 1 is 0.909 bits per heavy atom. The molecule has 1 fully saturated rings. The fraction of sp³-hybridized carbons (Fsp3) is 0.357. The summed E-state index contributed by atoms with van der Waals surface area (Å²) in [5.41, 5.74) is 2.47. The first-order valence-electron chi connectivity index (χ1n) is 11.2. The number of aryl methyl sites for hydroxylation is 1. The monoisotopic (exact) mass is 458 g/mol. The Bertz CT molecular complexity index is 1040. The van der Waals surface area contributed by atoms with E-state index >= 15 is 0 Å². The van der Waals surface area contributed by atoms with E-state index in [-0.39, 0.29) is 22.8 Å². The lowest BCUT2D eigenvalue weighted by atomic mass is 9.76. The third kappa shape index (κ3) is 5.76. The van der Waals surface area contributed by atoms with Gasteiger partial charge in [-0.15, -0.1) is 0 Å². The molecule has 3 rings (SSSR count). The van der Waals surface area contributed by atoms with Crippen LogP contribution in [0.25, 0.3) is 11.1 Å². The SMILES string of the molecule is C=C(CCC1CCC(c2ccc(-c3ccc(C)cc3)c(F)c2F)CC1)/C(F)=C(/F)C(=C)OC. The van der Waals surface area contributed by atoms with Crippen LogP contribution < -0.4 is 0 Å². The summed E-state index contributed by atoms with van der Waals surface area (Å²) < 4.78 is 62.3. The molecule has 1 aliphatic carbocycles. The molecule has 0 N–H and O–H groups in total.